The van der Waals surface area contributed by atoms with Gasteiger partial charge in [0.05, 0.1) is 34.7 Å². The number of rotatable bonds is 3. The van der Waals surface area contributed by atoms with Gasteiger partial charge in [-0.05, 0) is 24.3 Å². The van der Waals surface area contributed by atoms with Crippen molar-refractivity contribution in [2.45, 2.75) is 0 Å². The number of H-pyrrole nitrogens is 1. The van der Waals surface area contributed by atoms with Crippen LogP contribution in [0.5, 0.6) is 5.75 Å². The Morgan fingerprint density at radius 2 is 1.82 bits per heavy atom. The Hall–Kier alpha value is -3.81. The van der Waals surface area contributed by atoms with Gasteiger partial charge in [0.25, 0.3) is 5.56 Å². The lowest BCUT2D eigenvalue weighted by molar-refractivity contribution is 0.409. The van der Waals surface area contributed by atoms with Crippen molar-refractivity contribution in [2.24, 2.45) is 14.1 Å². The third-order valence-corrected chi connectivity index (χ3v) is 4.77. The van der Waals surface area contributed by atoms with Gasteiger partial charge in [-0.3, -0.25) is 13.9 Å². The van der Waals surface area contributed by atoms with Crippen LogP contribution < -0.4 is 16.0 Å². The monoisotopic (exact) mass is 378 g/mol. The maximum absolute atomic E-state index is 12.5. The minimum absolute atomic E-state index is 0.0520. The van der Waals surface area contributed by atoms with Gasteiger partial charge in [-0.2, -0.15) is 0 Å². The molecule has 28 heavy (non-hydrogen) atoms. The van der Waals surface area contributed by atoms with E-state index < -0.39 is 5.56 Å². The number of aromatic nitrogens is 4. The third-order valence-electron chi connectivity index (χ3n) is 4.77. The predicted octanol–water partition coefficient (Wildman–Crippen LogP) is 2.18. The van der Waals surface area contributed by atoms with Crippen molar-refractivity contribution in [3.05, 3.63) is 68.5 Å². The van der Waals surface area contributed by atoms with Crippen LogP contribution in [0.4, 0.5) is 0 Å². The van der Waals surface area contributed by atoms with Crippen molar-refractivity contribution in [1.29, 1.82) is 0 Å². The smallest absolute Gasteiger partial charge is 0.328 e. The van der Waals surface area contributed by atoms with Crippen LogP contribution in [0, 0.1) is 0 Å². The molecular weight excluding hydrogens is 360 g/mol. The lowest BCUT2D eigenvalue weighted by Gasteiger charge is -2.07. The molecule has 4 aromatic rings. The van der Waals surface area contributed by atoms with Crippen LogP contribution in [0.15, 0.2) is 46.0 Å². The molecule has 0 atom stereocenters. The summed E-state index contributed by atoms with van der Waals surface area (Å²) in [6.07, 6.45) is 1.30. The largest absolute Gasteiger partial charge is 0.507 e. The molecule has 2 aromatic carbocycles. The number of hydrogen-bond acceptors (Lipinski definition) is 5. The predicted molar refractivity (Wildman–Crippen MR) is 108 cm³/mol. The lowest BCUT2D eigenvalue weighted by atomic mass is 10.1. The number of aliphatic hydroxyl groups is 1. The molecule has 8 nitrogen and oxygen atoms in total. The highest BCUT2D eigenvalue weighted by atomic mass is 16.5. The summed E-state index contributed by atoms with van der Waals surface area (Å²) in [5, 5.41) is 10.5. The number of para-hydroxylation sites is 1. The highest BCUT2D eigenvalue weighted by Crippen LogP contribution is 2.25. The summed E-state index contributed by atoms with van der Waals surface area (Å²) in [5.74, 6) is 0.345. The molecule has 4 rings (SSSR count). The van der Waals surface area contributed by atoms with Gasteiger partial charge in [0.15, 0.2) is 0 Å². The molecule has 142 valence electrons. The van der Waals surface area contributed by atoms with Crippen molar-refractivity contribution in [2.75, 3.05) is 7.11 Å². The number of benzene rings is 2. The molecule has 0 amide bonds. The van der Waals surface area contributed by atoms with Crippen molar-refractivity contribution in [3.63, 3.8) is 0 Å². The van der Waals surface area contributed by atoms with Crippen molar-refractivity contribution in [1.82, 2.24) is 19.1 Å². The van der Waals surface area contributed by atoms with Gasteiger partial charge in [0, 0.05) is 20.2 Å². The molecule has 8 heteroatoms. The summed E-state index contributed by atoms with van der Waals surface area (Å²) in [6.45, 7) is 0. The van der Waals surface area contributed by atoms with Crippen LogP contribution in [-0.2, 0) is 14.1 Å². The maximum atomic E-state index is 12.5. The fourth-order valence-corrected chi connectivity index (χ4v) is 3.26. The zero-order valence-corrected chi connectivity index (χ0v) is 15.6. The van der Waals surface area contributed by atoms with E-state index in [9.17, 15) is 14.7 Å². The van der Waals surface area contributed by atoms with Gasteiger partial charge < -0.3 is 14.8 Å². The quantitative estimate of drug-likeness (QED) is 0.532. The highest BCUT2D eigenvalue weighted by molar-refractivity contribution is 5.92. The van der Waals surface area contributed by atoms with E-state index in [4.69, 9.17) is 4.74 Å². The van der Waals surface area contributed by atoms with Crippen LogP contribution in [0.2, 0.25) is 0 Å². The van der Waals surface area contributed by atoms with E-state index in [1.807, 2.05) is 0 Å². The standard InChI is InChI=1S/C20H18N4O4/c1-23-15-8-12-13(9-16(15)24(2)20(23)27)22-19(26)14(21-12)10-17(25)11-6-4-5-7-18(11)28-3/h4-10,25H,1-3H3,(H,22,26)/b17-10-. The molecule has 0 spiro atoms. The molecule has 2 heterocycles. The summed E-state index contributed by atoms with van der Waals surface area (Å²) in [5.41, 5.74) is 2.29. The number of imidazole rings is 1. The van der Waals surface area contributed by atoms with Crippen LogP contribution in [0.3, 0.4) is 0 Å². The fourth-order valence-electron chi connectivity index (χ4n) is 3.26. The summed E-state index contributed by atoms with van der Waals surface area (Å²) < 4.78 is 8.26. The molecule has 0 fully saturated rings. The molecule has 0 radical (unpaired) electrons. The second kappa shape index (κ2) is 6.41. The highest BCUT2D eigenvalue weighted by Gasteiger charge is 2.13. The van der Waals surface area contributed by atoms with E-state index in [0.29, 0.717) is 33.4 Å². The Kier molecular flexibility index (Phi) is 4.03. The SMILES string of the molecule is COc1ccccc1/C(O)=C/c1nc2cc3c(cc2[nH]c1=O)n(C)c(=O)n3C. The average molecular weight is 378 g/mol. The lowest BCUT2D eigenvalue weighted by Crippen LogP contribution is -2.19. The van der Waals surface area contributed by atoms with E-state index in [-0.39, 0.29) is 17.1 Å². The number of nitrogens with zero attached hydrogens (tertiary/aromatic N) is 3. The first kappa shape index (κ1) is 17.6. The number of ether oxygens (including phenoxy) is 1. The molecular formula is C20H18N4O4. The molecule has 0 aliphatic heterocycles. The van der Waals surface area contributed by atoms with Gasteiger partial charge >= 0.3 is 5.69 Å². The van der Waals surface area contributed by atoms with Gasteiger partial charge in [-0.1, -0.05) is 12.1 Å². The van der Waals surface area contributed by atoms with Gasteiger partial charge in [-0.25, -0.2) is 9.78 Å². The summed E-state index contributed by atoms with van der Waals surface area (Å²) >= 11 is 0. The number of methoxy groups -OCH3 is 1. The van der Waals surface area contributed by atoms with E-state index in [1.54, 1.807) is 50.5 Å². The average Bonchev–Trinajstić information content (AvgIpc) is 2.90. The Bertz CT molecular complexity index is 1370. The van der Waals surface area contributed by atoms with Crippen LogP contribution in [-0.4, -0.2) is 31.3 Å². The molecule has 0 unspecified atom stereocenters. The number of aliphatic hydroxyl groups excluding tert-OH is 1. The Morgan fingerprint density at radius 3 is 2.54 bits per heavy atom. The van der Waals surface area contributed by atoms with E-state index in [2.05, 4.69) is 9.97 Å². The molecule has 0 aliphatic rings. The van der Waals surface area contributed by atoms with Crippen LogP contribution in [0.25, 0.3) is 33.9 Å². The molecule has 0 saturated heterocycles. The minimum atomic E-state index is -0.450. The second-order valence-corrected chi connectivity index (χ2v) is 6.44. The Labute approximate surface area is 159 Å². The van der Waals surface area contributed by atoms with E-state index in [1.165, 1.54) is 22.3 Å². The number of aryl methyl sites for hydroxylation is 2. The van der Waals surface area contributed by atoms with E-state index in [0.717, 1.165) is 0 Å². The van der Waals surface area contributed by atoms with Gasteiger partial charge in [0.2, 0.25) is 0 Å². The number of aromatic amines is 1. The number of hydrogen-bond donors (Lipinski definition) is 2. The molecule has 2 N–H and O–H groups in total. The molecule has 0 bridgehead atoms. The first-order valence-corrected chi connectivity index (χ1v) is 8.54. The fraction of sp³-hybridized carbons (Fsp3) is 0.150. The molecule has 2 aromatic heterocycles. The third kappa shape index (κ3) is 2.66. The summed E-state index contributed by atoms with van der Waals surface area (Å²) in [7, 11) is 4.85. The Morgan fingerprint density at radius 1 is 1.14 bits per heavy atom. The molecule has 0 saturated carbocycles. The first-order valence-electron chi connectivity index (χ1n) is 8.54. The normalized spacial score (nSPS) is 12.0. The van der Waals surface area contributed by atoms with Crippen molar-refractivity contribution >= 4 is 33.9 Å². The molecule has 0 aliphatic carbocycles. The van der Waals surface area contributed by atoms with Crippen LogP contribution >= 0.6 is 0 Å². The second-order valence-electron chi connectivity index (χ2n) is 6.44. The van der Waals surface area contributed by atoms with E-state index >= 15 is 0 Å². The Balaban J connectivity index is 1.91. The maximum Gasteiger partial charge on any atom is 0.328 e. The zero-order chi connectivity index (χ0) is 20.0. The first-order chi connectivity index (χ1) is 13.4. The topological polar surface area (TPSA) is 102 Å². The van der Waals surface area contributed by atoms with Crippen LogP contribution in [0.1, 0.15) is 11.3 Å². The zero-order valence-electron chi connectivity index (χ0n) is 15.6. The van der Waals surface area contributed by atoms with Crippen molar-refractivity contribution in [3.8, 4) is 5.75 Å². The summed E-state index contributed by atoms with van der Waals surface area (Å²) in [4.78, 5) is 31.8. The summed E-state index contributed by atoms with van der Waals surface area (Å²) in [6, 6.07) is 10.4. The minimum Gasteiger partial charge on any atom is -0.507 e. The number of fused-ring (bicyclic) bond motifs is 2. The van der Waals surface area contributed by atoms with Crippen molar-refractivity contribution < 1.29 is 9.84 Å². The number of nitrogens with one attached hydrogen (secondary N) is 1. The van der Waals surface area contributed by atoms with Gasteiger partial charge in [-0.15, -0.1) is 0 Å². The van der Waals surface area contributed by atoms with Gasteiger partial charge in [0.1, 0.15) is 17.2 Å².